The summed E-state index contributed by atoms with van der Waals surface area (Å²) in [4.78, 5) is 0.0945. The lowest BCUT2D eigenvalue weighted by molar-refractivity contribution is 0.267. The largest absolute Gasteiger partial charge is 0.495 e. The first-order valence-electron chi connectivity index (χ1n) is 6.95. The average Bonchev–Trinajstić information content (AvgIpc) is 2.47. The van der Waals surface area contributed by atoms with E-state index < -0.39 is 10.0 Å². The number of methoxy groups -OCH3 is 2. The van der Waals surface area contributed by atoms with Gasteiger partial charge in [0, 0.05) is 18.7 Å². The number of nitrogen functional groups attached to an aromatic ring is 1. The van der Waals surface area contributed by atoms with Crippen molar-refractivity contribution in [2.75, 3.05) is 26.5 Å². The molecule has 7 heteroatoms. The highest BCUT2D eigenvalue weighted by Crippen LogP contribution is 2.36. The Morgan fingerprint density at radius 1 is 1.19 bits per heavy atom. The molecule has 0 saturated carbocycles. The smallest absolute Gasteiger partial charge is 0.247 e. The van der Waals surface area contributed by atoms with E-state index in [4.69, 9.17) is 15.2 Å². The molecule has 1 fully saturated rings. The Bertz CT molecular complexity index is 616. The van der Waals surface area contributed by atoms with Crippen molar-refractivity contribution in [2.24, 2.45) is 0 Å². The van der Waals surface area contributed by atoms with Gasteiger partial charge in [0.1, 0.15) is 16.4 Å². The monoisotopic (exact) mass is 314 g/mol. The minimum absolute atomic E-state index is 0.0169. The summed E-state index contributed by atoms with van der Waals surface area (Å²) in [5, 5.41) is 0. The second-order valence-electron chi connectivity index (χ2n) is 5.21. The minimum atomic E-state index is -3.63. The van der Waals surface area contributed by atoms with Crippen molar-refractivity contribution >= 4 is 15.7 Å². The standard InChI is InChI=1S/C14H22N2O4S/c1-10-6-4-5-7-16(10)21(17,18)14-8-11(15)12(19-2)9-13(14)20-3/h8-10H,4-7,15H2,1-3H3. The maximum absolute atomic E-state index is 12.9. The van der Waals surface area contributed by atoms with Crippen LogP contribution >= 0.6 is 0 Å². The van der Waals surface area contributed by atoms with Crippen LogP contribution in [0, 0.1) is 0 Å². The Morgan fingerprint density at radius 2 is 1.86 bits per heavy atom. The van der Waals surface area contributed by atoms with Crippen LogP contribution in [0.3, 0.4) is 0 Å². The second kappa shape index (κ2) is 6.11. The Balaban J connectivity index is 2.51. The van der Waals surface area contributed by atoms with Crippen LogP contribution in [0.1, 0.15) is 26.2 Å². The van der Waals surface area contributed by atoms with Crippen LogP contribution in [0.4, 0.5) is 5.69 Å². The van der Waals surface area contributed by atoms with Gasteiger partial charge in [0.05, 0.1) is 19.9 Å². The number of nitrogens with two attached hydrogens (primary N) is 1. The summed E-state index contributed by atoms with van der Waals surface area (Å²) in [6.07, 6.45) is 2.79. The molecule has 0 amide bonds. The fraction of sp³-hybridized carbons (Fsp3) is 0.571. The predicted molar refractivity (Wildman–Crippen MR) is 81.2 cm³/mol. The van der Waals surface area contributed by atoms with Gasteiger partial charge in [-0.1, -0.05) is 6.42 Å². The van der Waals surface area contributed by atoms with E-state index >= 15 is 0 Å². The van der Waals surface area contributed by atoms with Crippen molar-refractivity contribution < 1.29 is 17.9 Å². The number of piperidine rings is 1. The number of hydrogen-bond donors (Lipinski definition) is 1. The van der Waals surface area contributed by atoms with Crippen LogP contribution in [-0.4, -0.2) is 39.5 Å². The molecule has 1 heterocycles. The molecule has 1 aromatic carbocycles. The minimum Gasteiger partial charge on any atom is -0.495 e. The molecule has 2 rings (SSSR count). The van der Waals surface area contributed by atoms with Crippen LogP contribution < -0.4 is 15.2 Å². The first kappa shape index (κ1) is 15.9. The van der Waals surface area contributed by atoms with Crippen molar-refractivity contribution in [3.63, 3.8) is 0 Å². The number of nitrogens with zero attached hydrogens (tertiary/aromatic N) is 1. The van der Waals surface area contributed by atoms with Crippen LogP contribution in [0.2, 0.25) is 0 Å². The Morgan fingerprint density at radius 3 is 2.43 bits per heavy atom. The van der Waals surface area contributed by atoms with Gasteiger partial charge in [-0.05, 0) is 25.8 Å². The summed E-state index contributed by atoms with van der Waals surface area (Å²) in [6, 6.07) is 2.90. The van der Waals surface area contributed by atoms with E-state index in [0.29, 0.717) is 12.3 Å². The highest BCUT2D eigenvalue weighted by Gasteiger charge is 2.33. The molecule has 0 radical (unpaired) electrons. The molecule has 2 N–H and O–H groups in total. The molecular weight excluding hydrogens is 292 g/mol. The number of hydrogen-bond acceptors (Lipinski definition) is 5. The van der Waals surface area contributed by atoms with Gasteiger partial charge >= 0.3 is 0 Å². The average molecular weight is 314 g/mol. The second-order valence-corrected chi connectivity index (χ2v) is 7.06. The molecule has 1 aromatic rings. The molecule has 1 unspecified atom stereocenters. The van der Waals surface area contributed by atoms with E-state index in [2.05, 4.69) is 0 Å². The fourth-order valence-corrected chi connectivity index (χ4v) is 4.52. The van der Waals surface area contributed by atoms with Gasteiger partial charge in [-0.2, -0.15) is 4.31 Å². The quantitative estimate of drug-likeness (QED) is 0.858. The van der Waals surface area contributed by atoms with Gasteiger partial charge in [-0.15, -0.1) is 0 Å². The molecular formula is C14H22N2O4S. The number of rotatable bonds is 4. The van der Waals surface area contributed by atoms with E-state index in [0.717, 1.165) is 19.3 Å². The Hall–Kier alpha value is -1.47. The van der Waals surface area contributed by atoms with Gasteiger partial charge in [-0.25, -0.2) is 8.42 Å². The molecule has 6 nitrogen and oxygen atoms in total. The van der Waals surface area contributed by atoms with Crippen LogP contribution in [0.25, 0.3) is 0 Å². The first-order chi connectivity index (χ1) is 9.91. The summed E-state index contributed by atoms with van der Waals surface area (Å²) < 4.78 is 37.6. The molecule has 0 bridgehead atoms. The number of ether oxygens (including phenoxy) is 2. The molecule has 1 aliphatic heterocycles. The summed E-state index contributed by atoms with van der Waals surface area (Å²) in [5.74, 6) is 0.649. The molecule has 1 aliphatic rings. The lowest BCUT2D eigenvalue weighted by atomic mass is 10.1. The molecule has 0 aliphatic carbocycles. The van der Waals surface area contributed by atoms with Crippen molar-refractivity contribution in [2.45, 2.75) is 37.1 Å². The molecule has 0 aromatic heterocycles. The maximum Gasteiger partial charge on any atom is 0.247 e. The number of benzene rings is 1. The van der Waals surface area contributed by atoms with Gasteiger partial charge in [0.15, 0.2) is 0 Å². The maximum atomic E-state index is 12.9. The molecule has 21 heavy (non-hydrogen) atoms. The van der Waals surface area contributed by atoms with E-state index in [1.54, 1.807) is 0 Å². The van der Waals surface area contributed by atoms with Gasteiger partial charge in [-0.3, -0.25) is 0 Å². The zero-order valence-electron chi connectivity index (χ0n) is 12.6. The first-order valence-corrected chi connectivity index (χ1v) is 8.39. The van der Waals surface area contributed by atoms with Crippen molar-refractivity contribution in [1.29, 1.82) is 0 Å². The molecule has 118 valence electrons. The van der Waals surface area contributed by atoms with E-state index in [9.17, 15) is 8.42 Å². The summed E-state index contributed by atoms with van der Waals surface area (Å²) >= 11 is 0. The normalized spacial score (nSPS) is 20.2. The third-order valence-corrected chi connectivity index (χ3v) is 5.88. The lowest BCUT2D eigenvalue weighted by Crippen LogP contribution is -2.42. The van der Waals surface area contributed by atoms with Crippen molar-refractivity contribution in [3.8, 4) is 11.5 Å². The van der Waals surface area contributed by atoms with E-state index in [-0.39, 0.29) is 22.4 Å². The van der Waals surface area contributed by atoms with Crippen molar-refractivity contribution in [1.82, 2.24) is 4.31 Å². The van der Waals surface area contributed by atoms with Gasteiger partial charge in [0.25, 0.3) is 0 Å². The number of anilines is 1. The van der Waals surface area contributed by atoms with Crippen LogP contribution in [-0.2, 0) is 10.0 Å². The Kier molecular flexibility index (Phi) is 4.63. The molecule has 1 atom stereocenters. The number of sulfonamides is 1. The van der Waals surface area contributed by atoms with Crippen LogP contribution in [0.15, 0.2) is 17.0 Å². The highest BCUT2D eigenvalue weighted by atomic mass is 32.2. The fourth-order valence-electron chi connectivity index (χ4n) is 2.65. The van der Waals surface area contributed by atoms with Gasteiger partial charge < -0.3 is 15.2 Å². The highest BCUT2D eigenvalue weighted by molar-refractivity contribution is 7.89. The van der Waals surface area contributed by atoms with E-state index in [1.807, 2.05) is 6.92 Å². The van der Waals surface area contributed by atoms with Gasteiger partial charge in [0.2, 0.25) is 10.0 Å². The lowest BCUT2D eigenvalue weighted by Gasteiger charge is -2.32. The summed E-state index contributed by atoms with van der Waals surface area (Å²) in [7, 11) is -0.716. The van der Waals surface area contributed by atoms with Crippen LogP contribution in [0.5, 0.6) is 11.5 Å². The zero-order valence-corrected chi connectivity index (χ0v) is 13.4. The molecule has 1 saturated heterocycles. The topological polar surface area (TPSA) is 81.9 Å². The zero-order chi connectivity index (χ0) is 15.6. The Labute approximate surface area is 125 Å². The third-order valence-electron chi connectivity index (χ3n) is 3.84. The SMILES string of the molecule is COc1cc(OC)c(S(=O)(=O)N2CCCCC2C)cc1N. The van der Waals surface area contributed by atoms with Crippen molar-refractivity contribution in [3.05, 3.63) is 12.1 Å². The molecule has 0 spiro atoms. The third kappa shape index (κ3) is 2.94. The summed E-state index contributed by atoms with van der Waals surface area (Å²) in [5.41, 5.74) is 6.13. The van der Waals surface area contributed by atoms with E-state index in [1.165, 1.54) is 30.7 Å². The predicted octanol–water partition coefficient (Wildman–Crippen LogP) is 1.85. The summed E-state index contributed by atoms with van der Waals surface area (Å²) in [6.45, 7) is 2.45.